The Balaban J connectivity index is 2.61. The van der Waals surface area contributed by atoms with Gasteiger partial charge in [-0.1, -0.05) is 0 Å². The summed E-state index contributed by atoms with van der Waals surface area (Å²) in [5, 5.41) is 20.8. The Bertz CT molecular complexity index is 960. The van der Waals surface area contributed by atoms with Crippen LogP contribution >= 0.6 is 50.5 Å². The number of nitrogens with two attached hydrogens (primary N) is 1. The molecule has 5 atom stereocenters. The molecule has 0 aromatic rings. The Hall–Kier alpha value is -2.35. The molecule has 0 saturated carbocycles. The number of hydrogen-bond donors (Lipinski definition) is 11. The second-order valence-electron chi connectivity index (χ2n) is 8.60. The van der Waals surface area contributed by atoms with E-state index >= 15 is 0 Å². The van der Waals surface area contributed by atoms with Gasteiger partial charge < -0.3 is 42.3 Å². The fourth-order valence-electron chi connectivity index (χ4n) is 3.46. The van der Waals surface area contributed by atoms with Gasteiger partial charge in [0.15, 0.2) is 0 Å². The smallest absolute Gasteiger partial charge is 0.327 e. The van der Waals surface area contributed by atoms with E-state index in [2.05, 4.69) is 77.1 Å². The third-order valence-electron chi connectivity index (χ3n) is 5.69. The first-order valence-electron chi connectivity index (χ1n) is 12.1. The van der Waals surface area contributed by atoms with Crippen LogP contribution in [0.15, 0.2) is 0 Å². The number of nitrogens with zero attached hydrogens (tertiary/aromatic N) is 1. The van der Waals surface area contributed by atoms with Crippen molar-refractivity contribution in [1.82, 2.24) is 31.5 Å². The average molecular weight is 642 g/mol. The predicted octanol–water partition coefficient (Wildman–Crippen LogP) is -4.20. The van der Waals surface area contributed by atoms with Crippen LogP contribution < -0.4 is 32.3 Å². The summed E-state index contributed by atoms with van der Waals surface area (Å²) in [7, 11) is 0. The van der Waals surface area contributed by atoms with E-state index in [4.69, 9.17) is 10.8 Å². The van der Waals surface area contributed by atoms with Gasteiger partial charge in [0.25, 0.3) is 0 Å². The summed E-state index contributed by atoms with van der Waals surface area (Å²) in [4.78, 5) is 86.6. The third kappa shape index (κ3) is 11.3. The first kappa shape index (κ1) is 35.7. The molecule has 19 heteroatoms. The molecule has 0 aromatic heterocycles. The number of carboxylic acids is 1. The summed E-state index contributed by atoms with van der Waals surface area (Å²) in [5.41, 5.74) is 5.58. The summed E-state index contributed by atoms with van der Waals surface area (Å²) < 4.78 is 0. The number of nitrogens with one attached hydrogen (secondary N) is 5. The van der Waals surface area contributed by atoms with Gasteiger partial charge in [-0.05, 0) is 12.8 Å². The lowest BCUT2D eigenvalue weighted by Crippen LogP contribution is -2.56. The van der Waals surface area contributed by atoms with Gasteiger partial charge in [0, 0.05) is 29.6 Å². The van der Waals surface area contributed by atoms with Gasteiger partial charge in [-0.15, -0.1) is 0 Å². The molecule has 15 nitrogen and oxygen atoms in total. The largest absolute Gasteiger partial charge is 0.480 e. The van der Waals surface area contributed by atoms with Crippen LogP contribution in [-0.4, -0.2) is 124 Å². The second-order valence-corrected chi connectivity index (χ2v) is 10.1. The molecule has 0 bridgehead atoms. The molecule has 0 aromatic carbocycles. The number of aliphatic carboxylic acids is 1. The Morgan fingerprint density at radius 2 is 1.35 bits per heavy atom. The van der Waals surface area contributed by atoms with Crippen LogP contribution in [0.3, 0.4) is 0 Å². The van der Waals surface area contributed by atoms with Crippen molar-refractivity contribution in [2.24, 2.45) is 5.73 Å². The first-order valence-corrected chi connectivity index (χ1v) is 14.6. The fraction of sp³-hybridized carbons (Fsp3) is 0.667. The molecule has 1 aliphatic heterocycles. The minimum atomic E-state index is -1.29. The highest BCUT2D eigenvalue weighted by molar-refractivity contribution is 7.80. The molecular weight excluding hydrogens is 607 g/mol. The van der Waals surface area contributed by atoms with Gasteiger partial charge in [0.05, 0.1) is 19.1 Å². The monoisotopic (exact) mass is 641 g/mol. The third-order valence-corrected chi connectivity index (χ3v) is 7.18. The molecule has 1 saturated heterocycles. The molecule has 0 radical (unpaired) electrons. The second kappa shape index (κ2) is 18.2. The lowest BCUT2D eigenvalue weighted by Gasteiger charge is -2.25. The van der Waals surface area contributed by atoms with Crippen LogP contribution in [0.25, 0.3) is 0 Å². The molecule has 40 heavy (non-hydrogen) atoms. The van der Waals surface area contributed by atoms with Crippen LogP contribution in [0.2, 0.25) is 0 Å². The minimum absolute atomic E-state index is 0.0487. The molecule has 1 fully saturated rings. The Morgan fingerprint density at radius 3 is 1.90 bits per heavy atom. The molecule has 1 heterocycles. The normalized spacial score (nSPS) is 17.5. The van der Waals surface area contributed by atoms with E-state index < -0.39 is 84.7 Å². The summed E-state index contributed by atoms with van der Waals surface area (Å²) in [6.45, 7) is -0.705. The number of carbonyl (C=O) groups is 7. The van der Waals surface area contributed by atoms with Crippen molar-refractivity contribution in [1.29, 1.82) is 0 Å². The molecule has 1 rings (SSSR count). The van der Waals surface area contributed by atoms with Crippen molar-refractivity contribution in [2.75, 3.05) is 42.6 Å². The highest BCUT2D eigenvalue weighted by Crippen LogP contribution is 2.17. The Morgan fingerprint density at radius 1 is 0.775 bits per heavy atom. The maximum Gasteiger partial charge on any atom is 0.327 e. The van der Waals surface area contributed by atoms with Crippen LogP contribution in [0.5, 0.6) is 0 Å². The minimum Gasteiger partial charge on any atom is -0.480 e. The molecule has 6 amide bonds. The summed E-state index contributed by atoms with van der Waals surface area (Å²) >= 11 is 15.8. The zero-order valence-corrected chi connectivity index (χ0v) is 24.9. The van der Waals surface area contributed by atoms with Gasteiger partial charge in [0.2, 0.25) is 35.4 Å². The zero-order valence-electron chi connectivity index (χ0n) is 21.4. The molecule has 0 unspecified atom stereocenters. The summed E-state index contributed by atoms with van der Waals surface area (Å²) in [6.07, 6.45) is 0.838. The van der Waals surface area contributed by atoms with Crippen molar-refractivity contribution >= 4 is 91.9 Å². The van der Waals surface area contributed by atoms with Gasteiger partial charge in [-0.3, -0.25) is 28.8 Å². The fourth-order valence-corrected chi connectivity index (χ4v) is 4.39. The van der Waals surface area contributed by atoms with Crippen molar-refractivity contribution < 1.29 is 38.7 Å². The number of hydrogen-bond acceptors (Lipinski definition) is 12. The van der Waals surface area contributed by atoms with Crippen molar-refractivity contribution in [3.63, 3.8) is 0 Å². The Labute approximate surface area is 252 Å². The lowest BCUT2D eigenvalue weighted by molar-refractivity contribution is -0.141. The Kier molecular flexibility index (Phi) is 16.2. The first-order chi connectivity index (χ1) is 18.9. The molecule has 226 valence electrons. The number of rotatable bonds is 16. The van der Waals surface area contributed by atoms with Gasteiger partial charge in [-0.25, -0.2) is 4.79 Å². The highest BCUT2D eigenvalue weighted by atomic mass is 32.1. The highest BCUT2D eigenvalue weighted by Gasteiger charge is 2.35. The molecular formula is C21H35N7O8S4. The lowest BCUT2D eigenvalue weighted by atomic mass is 10.2. The van der Waals surface area contributed by atoms with Crippen LogP contribution in [0.4, 0.5) is 0 Å². The number of likely N-dealkylation sites (tertiary alicyclic amines) is 1. The van der Waals surface area contributed by atoms with Crippen molar-refractivity contribution in [3.8, 4) is 0 Å². The predicted molar refractivity (Wildman–Crippen MR) is 158 cm³/mol. The van der Waals surface area contributed by atoms with E-state index in [9.17, 15) is 33.6 Å². The number of carbonyl (C=O) groups excluding carboxylic acids is 6. The molecule has 8 N–H and O–H groups in total. The topological polar surface area (TPSA) is 229 Å². The van der Waals surface area contributed by atoms with Crippen LogP contribution in [-0.2, 0) is 33.6 Å². The van der Waals surface area contributed by atoms with Gasteiger partial charge in [0.1, 0.15) is 24.2 Å². The summed E-state index contributed by atoms with van der Waals surface area (Å²) in [6, 6.07) is -5.27. The number of amides is 6. The number of carboxylic acid groups (broad SMARTS) is 1. The van der Waals surface area contributed by atoms with Gasteiger partial charge in [-0.2, -0.15) is 50.5 Å². The van der Waals surface area contributed by atoms with E-state index in [1.54, 1.807) is 0 Å². The van der Waals surface area contributed by atoms with Crippen LogP contribution in [0, 0.1) is 0 Å². The van der Waals surface area contributed by atoms with E-state index in [1.807, 2.05) is 0 Å². The van der Waals surface area contributed by atoms with Gasteiger partial charge >= 0.3 is 5.97 Å². The maximum atomic E-state index is 12.7. The summed E-state index contributed by atoms with van der Waals surface area (Å²) in [5.74, 6) is -5.51. The molecule has 1 aliphatic rings. The molecule has 0 aliphatic carbocycles. The zero-order chi connectivity index (χ0) is 30.4. The van der Waals surface area contributed by atoms with Crippen molar-refractivity contribution in [3.05, 3.63) is 0 Å². The van der Waals surface area contributed by atoms with E-state index in [0.717, 1.165) is 0 Å². The van der Waals surface area contributed by atoms with E-state index in [0.29, 0.717) is 12.8 Å². The van der Waals surface area contributed by atoms with E-state index in [1.165, 1.54) is 4.90 Å². The average Bonchev–Trinajstić information content (AvgIpc) is 3.43. The molecule has 0 spiro atoms. The van der Waals surface area contributed by atoms with Crippen LogP contribution in [0.1, 0.15) is 12.8 Å². The number of thiol groups is 4. The SMILES string of the molecule is N[C@@H](CS)C(=O)N[C@@H](CS)C(=O)NCC(=O)N1CCC[C@H]1C(=O)NCC(=O)N[C@@H](CS)C(=O)N[C@@H](CS)C(=O)O. The standard InChI is InChI=1S/C21H35N7O8S4/c22-10(6-37)17(31)26-11(7-38)18(32)24-5-16(30)28-3-1-2-14(28)20(34)23-4-15(29)25-12(8-39)19(33)27-13(9-40)21(35)36/h10-14,37-40H,1-9,22H2,(H,23,34)(H,24,32)(H,25,29)(H,26,31)(H,27,33)(H,35,36)/t10-,11-,12-,13-,14-/m0/s1. The van der Waals surface area contributed by atoms with E-state index in [-0.39, 0.29) is 29.6 Å². The maximum absolute atomic E-state index is 12.7. The quantitative estimate of drug-likeness (QED) is 0.0733. The van der Waals surface area contributed by atoms with Crippen molar-refractivity contribution in [2.45, 2.75) is 43.1 Å².